The van der Waals surface area contributed by atoms with E-state index in [9.17, 15) is 18.3 Å². The van der Waals surface area contributed by atoms with E-state index >= 15 is 0 Å². The summed E-state index contributed by atoms with van der Waals surface area (Å²) in [4.78, 5) is 2.03. The largest absolute Gasteiger partial charge is 0.417 e. The Balaban J connectivity index is 2.51. The van der Waals surface area contributed by atoms with Gasteiger partial charge in [0.15, 0.2) is 5.60 Å². The molecule has 0 radical (unpaired) electrons. The lowest BCUT2D eigenvalue weighted by atomic mass is 9.90. The van der Waals surface area contributed by atoms with Crippen molar-refractivity contribution in [3.05, 3.63) is 0 Å². The zero-order valence-corrected chi connectivity index (χ0v) is 9.85. The highest BCUT2D eigenvalue weighted by Crippen LogP contribution is 2.38. The second kappa shape index (κ2) is 4.92. The van der Waals surface area contributed by atoms with Crippen LogP contribution in [0.4, 0.5) is 13.2 Å². The summed E-state index contributed by atoms with van der Waals surface area (Å²) in [6.07, 6.45) is -2.88. The summed E-state index contributed by atoms with van der Waals surface area (Å²) < 4.78 is 37.6. The zero-order chi connectivity index (χ0) is 12.4. The number of piperidine rings is 1. The first-order valence-corrected chi connectivity index (χ1v) is 5.83. The predicted molar refractivity (Wildman–Crippen MR) is 56.2 cm³/mol. The van der Waals surface area contributed by atoms with Crippen molar-refractivity contribution in [2.75, 3.05) is 13.1 Å². The third-order valence-corrected chi connectivity index (χ3v) is 3.48. The zero-order valence-electron chi connectivity index (χ0n) is 9.85. The van der Waals surface area contributed by atoms with E-state index in [1.165, 1.54) is 0 Å². The van der Waals surface area contributed by atoms with Crippen molar-refractivity contribution in [2.24, 2.45) is 0 Å². The highest BCUT2D eigenvalue weighted by molar-refractivity contribution is 4.92. The Morgan fingerprint density at radius 3 is 2.19 bits per heavy atom. The molecule has 0 aromatic carbocycles. The first-order chi connectivity index (χ1) is 7.30. The van der Waals surface area contributed by atoms with Crippen molar-refractivity contribution in [1.82, 2.24) is 4.90 Å². The van der Waals surface area contributed by atoms with Crippen LogP contribution in [0.1, 0.15) is 39.5 Å². The fraction of sp³-hybridized carbons (Fsp3) is 1.00. The Labute approximate surface area is 94.4 Å². The number of hydrogen-bond donors (Lipinski definition) is 1. The second-order valence-electron chi connectivity index (χ2n) is 4.70. The van der Waals surface area contributed by atoms with Crippen LogP contribution in [-0.4, -0.2) is 40.9 Å². The molecule has 1 heterocycles. The fourth-order valence-electron chi connectivity index (χ4n) is 2.22. The Bertz CT molecular complexity index is 222. The van der Waals surface area contributed by atoms with Crippen molar-refractivity contribution in [1.29, 1.82) is 0 Å². The molecule has 2 nitrogen and oxygen atoms in total. The second-order valence-corrected chi connectivity index (χ2v) is 4.70. The Morgan fingerprint density at radius 1 is 1.31 bits per heavy atom. The van der Waals surface area contributed by atoms with Gasteiger partial charge in [-0.15, -0.1) is 0 Å². The standard InChI is InChI=1S/C11H20F3NO/c1-3-4-9(2)15-7-5-10(16,6-8-15)11(12,13)14/h9,16H,3-8H2,1-2H3. The van der Waals surface area contributed by atoms with Crippen LogP contribution in [0.3, 0.4) is 0 Å². The van der Waals surface area contributed by atoms with Crippen molar-refractivity contribution in [3.8, 4) is 0 Å². The molecule has 1 unspecified atom stereocenters. The number of alkyl halides is 3. The smallest absolute Gasteiger partial charge is 0.380 e. The molecule has 0 saturated carbocycles. The highest BCUT2D eigenvalue weighted by atomic mass is 19.4. The van der Waals surface area contributed by atoms with Crippen LogP contribution >= 0.6 is 0 Å². The molecule has 1 N–H and O–H groups in total. The van der Waals surface area contributed by atoms with Gasteiger partial charge >= 0.3 is 6.18 Å². The minimum atomic E-state index is -4.49. The van der Waals surface area contributed by atoms with E-state index in [4.69, 9.17) is 0 Å². The molecule has 1 aliphatic heterocycles. The maximum Gasteiger partial charge on any atom is 0.417 e. The van der Waals surface area contributed by atoms with E-state index in [2.05, 4.69) is 6.92 Å². The minimum absolute atomic E-state index is 0.204. The van der Waals surface area contributed by atoms with E-state index in [0.29, 0.717) is 19.1 Å². The molecule has 0 bridgehead atoms. The minimum Gasteiger partial charge on any atom is -0.380 e. The molecule has 96 valence electrons. The summed E-state index contributed by atoms with van der Waals surface area (Å²) in [7, 11) is 0. The van der Waals surface area contributed by atoms with Gasteiger partial charge < -0.3 is 10.0 Å². The lowest BCUT2D eigenvalue weighted by molar-refractivity contribution is -0.273. The van der Waals surface area contributed by atoms with Gasteiger partial charge in [0, 0.05) is 19.1 Å². The molecule has 1 atom stereocenters. The number of likely N-dealkylation sites (tertiary alicyclic amines) is 1. The molecular weight excluding hydrogens is 219 g/mol. The predicted octanol–water partition coefficient (Wildman–Crippen LogP) is 2.56. The maximum atomic E-state index is 12.5. The van der Waals surface area contributed by atoms with Crippen molar-refractivity contribution in [2.45, 2.75) is 57.3 Å². The van der Waals surface area contributed by atoms with Gasteiger partial charge in [-0.05, 0) is 26.2 Å². The third kappa shape index (κ3) is 2.88. The SMILES string of the molecule is CCCC(C)N1CCC(O)(C(F)(F)F)CC1. The quantitative estimate of drug-likeness (QED) is 0.818. The third-order valence-electron chi connectivity index (χ3n) is 3.48. The Hall–Kier alpha value is -0.290. The normalized spacial score (nSPS) is 24.4. The van der Waals surface area contributed by atoms with Crippen LogP contribution in [0.2, 0.25) is 0 Å². The average molecular weight is 239 g/mol. The molecule has 1 saturated heterocycles. The number of rotatable bonds is 3. The number of aliphatic hydroxyl groups is 1. The van der Waals surface area contributed by atoms with Gasteiger partial charge in [0.1, 0.15) is 0 Å². The van der Waals surface area contributed by atoms with Crippen LogP contribution in [0, 0.1) is 0 Å². The van der Waals surface area contributed by atoms with Crippen molar-refractivity contribution < 1.29 is 18.3 Å². The van der Waals surface area contributed by atoms with Gasteiger partial charge in [-0.2, -0.15) is 13.2 Å². The van der Waals surface area contributed by atoms with Crippen LogP contribution < -0.4 is 0 Å². The van der Waals surface area contributed by atoms with Crippen LogP contribution in [0.25, 0.3) is 0 Å². The van der Waals surface area contributed by atoms with Crippen molar-refractivity contribution in [3.63, 3.8) is 0 Å². The molecule has 5 heteroatoms. The Kier molecular flexibility index (Phi) is 4.23. The number of hydrogen-bond acceptors (Lipinski definition) is 2. The molecule has 1 aliphatic rings. The van der Waals surface area contributed by atoms with E-state index < -0.39 is 11.8 Å². The van der Waals surface area contributed by atoms with E-state index in [1.807, 2.05) is 11.8 Å². The molecule has 1 fully saturated rings. The maximum absolute atomic E-state index is 12.5. The van der Waals surface area contributed by atoms with E-state index in [-0.39, 0.29) is 12.8 Å². The van der Waals surface area contributed by atoms with Crippen LogP contribution in [0.15, 0.2) is 0 Å². The van der Waals surface area contributed by atoms with Gasteiger partial charge in [-0.3, -0.25) is 0 Å². The van der Waals surface area contributed by atoms with Gasteiger partial charge in [0.25, 0.3) is 0 Å². The average Bonchev–Trinajstić information content (AvgIpc) is 2.17. The topological polar surface area (TPSA) is 23.5 Å². The van der Waals surface area contributed by atoms with Crippen molar-refractivity contribution >= 4 is 0 Å². The molecule has 1 rings (SSSR count). The summed E-state index contributed by atoms with van der Waals surface area (Å²) in [5.41, 5.74) is -2.46. The fourth-order valence-corrected chi connectivity index (χ4v) is 2.22. The molecule has 0 spiro atoms. The van der Waals surface area contributed by atoms with E-state index in [0.717, 1.165) is 12.8 Å². The van der Waals surface area contributed by atoms with Gasteiger partial charge in [0.05, 0.1) is 0 Å². The first kappa shape index (κ1) is 13.8. The number of halogens is 3. The summed E-state index contributed by atoms with van der Waals surface area (Å²) in [6.45, 7) is 4.75. The summed E-state index contributed by atoms with van der Waals surface area (Å²) in [6, 6.07) is 0.308. The highest BCUT2D eigenvalue weighted by Gasteiger charge is 2.54. The molecule has 0 amide bonds. The van der Waals surface area contributed by atoms with E-state index in [1.54, 1.807) is 0 Å². The summed E-state index contributed by atoms with van der Waals surface area (Å²) in [5.74, 6) is 0. The van der Waals surface area contributed by atoms with Gasteiger partial charge in [-0.1, -0.05) is 13.3 Å². The van der Waals surface area contributed by atoms with Crippen LogP contribution in [0.5, 0.6) is 0 Å². The molecule has 16 heavy (non-hydrogen) atoms. The molecule has 0 aromatic rings. The molecular formula is C11H20F3NO. The summed E-state index contributed by atoms with van der Waals surface area (Å²) in [5, 5.41) is 9.49. The molecule has 0 aliphatic carbocycles. The lowest BCUT2D eigenvalue weighted by Crippen LogP contribution is -2.54. The Morgan fingerprint density at radius 2 is 1.81 bits per heavy atom. The first-order valence-electron chi connectivity index (χ1n) is 5.83. The van der Waals surface area contributed by atoms with Gasteiger partial charge in [0.2, 0.25) is 0 Å². The van der Waals surface area contributed by atoms with Crippen LogP contribution in [-0.2, 0) is 0 Å². The molecule has 0 aromatic heterocycles. The lowest BCUT2D eigenvalue weighted by Gasteiger charge is -2.41. The number of nitrogens with zero attached hydrogens (tertiary/aromatic N) is 1. The summed E-state index contributed by atoms with van der Waals surface area (Å²) >= 11 is 0. The van der Waals surface area contributed by atoms with Gasteiger partial charge in [-0.25, -0.2) is 0 Å². The monoisotopic (exact) mass is 239 g/mol.